The average molecular weight is 295 g/mol. The Hall–Kier alpha value is 0.648. The molecule has 53 valence electrons. The molecule has 0 spiro atoms. The van der Waals surface area contributed by atoms with E-state index in [1.807, 2.05) is 0 Å². The second-order valence-electron chi connectivity index (χ2n) is 2.50. The van der Waals surface area contributed by atoms with Gasteiger partial charge in [-0.2, -0.15) is 0 Å². The first-order chi connectivity index (χ1) is 3.55. The van der Waals surface area contributed by atoms with E-state index in [4.69, 9.17) is 0 Å². The molecule has 0 unspecified atom stereocenters. The molecule has 0 aliphatic heterocycles. The molecule has 0 radical (unpaired) electrons. The van der Waals surface area contributed by atoms with Crippen LogP contribution in [0.3, 0.4) is 0 Å². The molecule has 0 amide bonds. The van der Waals surface area contributed by atoms with E-state index in [9.17, 15) is 0 Å². The molecule has 0 aromatic heterocycles. The van der Waals surface area contributed by atoms with Gasteiger partial charge in [0.25, 0.3) is 0 Å². The summed E-state index contributed by atoms with van der Waals surface area (Å²) in [4.78, 5) is 0. The van der Waals surface area contributed by atoms with Gasteiger partial charge >= 0.3 is 63.3 Å². The number of hydrogen-bond acceptors (Lipinski definition) is 1. The molecule has 0 aromatic rings. The third-order valence-corrected chi connectivity index (χ3v) is 3.27. The van der Waals surface area contributed by atoms with Crippen LogP contribution in [-0.2, 0) is 20.1 Å². The zero-order valence-electron chi connectivity index (χ0n) is 5.92. The molecule has 2 heteroatoms. The van der Waals surface area contributed by atoms with Gasteiger partial charge in [-0.3, -0.25) is 0 Å². The minimum atomic E-state index is 0.664. The van der Waals surface area contributed by atoms with Crippen molar-refractivity contribution in [3.05, 3.63) is 0 Å². The Bertz CT molecular complexity index is 53.5. The minimum absolute atomic E-state index is 0.664. The fraction of sp³-hybridized carbons (Fsp3) is 1.00. The van der Waals surface area contributed by atoms with Gasteiger partial charge in [0.15, 0.2) is 0 Å². The van der Waals surface area contributed by atoms with Crippen LogP contribution in [0, 0.1) is 0 Å². The van der Waals surface area contributed by atoms with Gasteiger partial charge in [-0.15, -0.1) is 0 Å². The molecular formula is C6H14NPt. The molecule has 0 aromatic carbocycles. The fourth-order valence-corrected chi connectivity index (χ4v) is 0.596. The molecule has 0 rings (SSSR count). The van der Waals surface area contributed by atoms with Crippen LogP contribution < -0.4 is 0 Å². The topological polar surface area (TPSA) is 3.24 Å². The summed E-state index contributed by atoms with van der Waals surface area (Å²) in [6.07, 6.45) is 0. The third kappa shape index (κ3) is 2.84. The average Bonchev–Trinajstić information content (AvgIpc) is 1.64. The monoisotopic (exact) mass is 295 g/mol. The maximum absolute atomic E-state index is 2.34. The number of hydrogen-bond donors (Lipinski definition) is 0. The van der Waals surface area contributed by atoms with Gasteiger partial charge in [-0.05, 0) is 0 Å². The van der Waals surface area contributed by atoms with E-state index in [1.54, 1.807) is 0 Å². The molecular weight excluding hydrogens is 281 g/mol. The van der Waals surface area contributed by atoms with E-state index < -0.39 is 0 Å². The number of rotatable bonds is 2. The summed E-state index contributed by atoms with van der Waals surface area (Å²) in [6.45, 7) is 8.81. The van der Waals surface area contributed by atoms with Crippen molar-refractivity contribution >= 4 is 0 Å². The summed E-state index contributed by atoms with van der Waals surface area (Å²) >= 11 is 2.34. The van der Waals surface area contributed by atoms with Gasteiger partial charge in [0.05, 0.1) is 0 Å². The van der Waals surface area contributed by atoms with E-state index in [0.29, 0.717) is 12.1 Å². The Kier molecular flexibility index (Phi) is 3.93. The van der Waals surface area contributed by atoms with Crippen molar-refractivity contribution in [2.45, 2.75) is 39.8 Å². The van der Waals surface area contributed by atoms with Crippen molar-refractivity contribution in [2.75, 3.05) is 0 Å². The van der Waals surface area contributed by atoms with Gasteiger partial charge in [-0.1, -0.05) is 0 Å². The van der Waals surface area contributed by atoms with Crippen molar-refractivity contribution in [2.24, 2.45) is 0 Å². The van der Waals surface area contributed by atoms with Gasteiger partial charge < -0.3 is 0 Å². The third-order valence-electron chi connectivity index (χ3n) is 0.923. The van der Waals surface area contributed by atoms with Gasteiger partial charge in [0.1, 0.15) is 0 Å². The molecule has 0 N–H and O–H groups in total. The molecule has 0 saturated heterocycles. The van der Waals surface area contributed by atoms with Crippen LogP contribution in [0.5, 0.6) is 0 Å². The number of nitrogens with zero attached hydrogens (tertiary/aromatic N) is 1. The first-order valence-electron chi connectivity index (χ1n) is 2.97. The van der Waals surface area contributed by atoms with Crippen LogP contribution in [0.25, 0.3) is 0 Å². The molecule has 1 nitrogen and oxygen atoms in total. The normalized spacial score (nSPS) is 12.1. The van der Waals surface area contributed by atoms with Gasteiger partial charge in [0.2, 0.25) is 0 Å². The Morgan fingerprint density at radius 2 is 1.25 bits per heavy atom. The van der Waals surface area contributed by atoms with Crippen molar-refractivity contribution in [3.8, 4) is 0 Å². The standard InChI is InChI=1S/C6H14N.Pt/c1-5(2)7-6(3)4;/h5-6H,1-4H3;/q-1;+1. The predicted octanol–water partition coefficient (Wildman–Crippen LogP) is 1.57. The van der Waals surface area contributed by atoms with E-state index in [0.717, 1.165) is 0 Å². The molecule has 0 saturated carbocycles. The summed E-state index contributed by atoms with van der Waals surface area (Å²) in [5.41, 5.74) is 0. The van der Waals surface area contributed by atoms with E-state index in [-0.39, 0.29) is 0 Å². The van der Waals surface area contributed by atoms with Crippen LogP contribution in [0.2, 0.25) is 0 Å². The fourth-order valence-electron chi connectivity index (χ4n) is 0.596. The first-order valence-corrected chi connectivity index (χ1v) is 3.98. The second kappa shape index (κ2) is 3.63. The van der Waals surface area contributed by atoms with Crippen LogP contribution in [-0.4, -0.2) is 15.5 Å². The van der Waals surface area contributed by atoms with Crippen LogP contribution in [0.4, 0.5) is 0 Å². The molecule has 0 fully saturated rings. The summed E-state index contributed by atoms with van der Waals surface area (Å²) in [5.74, 6) is 0. The molecule has 0 heterocycles. The summed E-state index contributed by atoms with van der Waals surface area (Å²) in [7, 11) is 0. The van der Waals surface area contributed by atoms with Crippen molar-refractivity contribution in [1.82, 2.24) is 3.46 Å². The van der Waals surface area contributed by atoms with Gasteiger partial charge in [-0.25, -0.2) is 0 Å². The van der Waals surface area contributed by atoms with Crippen molar-refractivity contribution < 1.29 is 20.1 Å². The Balaban J connectivity index is 3.46. The molecule has 0 atom stereocenters. The van der Waals surface area contributed by atoms with E-state index >= 15 is 0 Å². The SMILES string of the molecule is CC(C)[N]([Pt])C(C)C. The maximum atomic E-state index is 2.34. The van der Waals surface area contributed by atoms with Crippen LogP contribution in [0.15, 0.2) is 0 Å². The Labute approximate surface area is 63.6 Å². The Morgan fingerprint density at radius 1 is 1.00 bits per heavy atom. The van der Waals surface area contributed by atoms with Crippen LogP contribution in [0.1, 0.15) is 27.7 Å². The molecule has 0 aliphatic rings. The van der Waals surface area contributed by atoms with Crippen LogP contribution >= 0.6 is 0 Å². The predicted molar refractivity (Wildman–Crippen MR) is 32.1 cm³/mol. The first kappa shape index (κ1) is 8.65. The molecule has 8 heavy (non-hydrogen) atoms. The van der Waals surface area contributed by atoms with E-state index in [1.165, 1.54) is 0 Å². The Morgan fingerprint density at radius 3 is 1.25 bits per heavy atom. The quantitative estimate of drug-likeness (QED) is 0.747. The molecule has 0 aliphatic carbocycles. The second-order valence-corrected chi connectivity index (χ2v) is 3.67. The zero-order chi connectivity index (χ0) is 6.73. The summed E-state index contributed by atoms with van der Waals surface area (Å²) in [5, 5.41) is 0. The van der Waals surface area contributed by atoms with Crippen molar-refractivity contribution in [3.63, 3.8) is 0 Å². The van der Waals surface area contributed by atoms with Crippen molar-refractivity contribution in [1.29, 1.82) is 0 Å². The summed E-state index contributed by atoms with van der Waals surface area (Å²) in [6, 6.07) is 1.33. The zero-order valence-corrected chi connectivity index (χ0v) is 8.19. The van der Waals surface area contributed by atoms with Gasteiger partial charge in [0, 0.05) is 0 Å². The van der Waals surface area contributed by atoms with E-state index in [2.05, 4.69) is 51.2 Å². The molecule has 0 bridgehead atoms. The summed E-state index contributed by atoms with van der Waals surface area (Å²) < 4.78 is 2.31.